The zero-order chi connectivity index (χ0) is 22.2. The molecule has 0 radical (unpaired) electrons. The number of aryl methyl sites for hydroxylation is 1. The molecule has 1 N–H and O–H groups in total. The minimum atomic E-state index is -4.17. The van der Waals surface area contributed by atoms with Crippen molar-refractivity contribution in [3.63, 3.8) is 0 Å². The molecule has 1 aliphatic heterocycles. The van der Waals surface area contributed by atoms with Crippen LogP contribution >= 0.6 is 0 Å². The number of carbonyl (C=O) groups is 2. The molecule has 0 saturated heterocycles. The average molecular weight is 431 g/mol. The summed E-state index contributed by atoms with van der Waals surface area (Å²) in [5.41, 5.74) is 2.35. The number of sulfonamides is 1. The Morgan fingerprint density at radius 1 is 1.10 bits per heavy atom. The molecule has 0 atom stereocenters. The minimum absolute atomic E-state index is 0.0676. The van der Waals surface area contributed by atoms with Crippen LogP contribution in [-0.2, 0) is 19.6 Å². The van der Waals surface area contributed by atoms with E-state index in [1.165, 1.54) is 25.1 Å². The molecule has 30 heavy (non-hydrogen) atoms. The summed E-state index contributed by atoms with van der Waals surface area (Å²) in [7, 11) is -4.17. The number of nitrogens with one attached hydrogen (secondary N) is 1. The zero-order valence-corrected chi connectivity index (χ0v) is 18.0. The van der Waals surface area contributed by atoms with Crippen molar-refractivity contribution in [2.45, 2.75) is 33.6 Å². The molecule has 2 amide bonds. The van der Waals surface area contributed by atoms with Gasteiger partial charge in [0.2, 0.25) is 5.91 Å². The summed E-state index contributed by atoms with van der Waals surface area (Å²) in [5, 5.41) is 2.53. The van der Waals surface area contributed by atoms with Gasteiger partial charge in [-0.1, -0.05) is 38.1 Å². The lowest BCUT2D eigenvalue weighted by molar-refractivity contribution is -0.126. The van der Waals surface area contributed by atoms with Gasteiger partial charge in [-0.2, -0.15) is 0 Å². The van der Waals surface area contributed by atoms with E-state index in [-0.39, 0.29) is 16.4 Å². The van der Waals surface area contributed by atoms with Gasteiger partial charge in [-0.25, -0.2) is 17.1 Å². The predicted octanol–water partition coefficient (Wildman–Crippen LogP) is 3.80. The Bertz CT molecular complexity index is 1150. The molecule has 8 heteroatoms. The van der Waals surface area contributed by atoms with E-state index >= 15 is 0 Å². The fourth-order valence-corrected chi connectivity index (χ4v) is 5.10. The van der Waals surface area contributed by atoms with Gasteiger partial charge < -0.3 is 5.32 Å². The molecule has 2 aromatic carbocycles. The summed E-state index contributed by atoms with van der Waals surface area (Å²) in [5.74, 6) is -1.59. The molecule has 0 aliphatic carbocycles. The lowest BCUT2D eigenvalue weighted by Crippen LogP contribution is -2.38. The molecular weight excluding hydrogens is 407 g/mol. The Balaban J connectivity index is 1.84. The highest BCUT2D eigenvalue weighted by Gasteiger charge is 2.43. The first-order chi connectivity index (χ1) is 14.0. The highest BCUT2D eigenvalue weighted by Crippen LogP contribution is 2.35. The number of anilines is 1. The first-order valence-corrected chi connectivity index (χ1v) is 10.9. The molecule has 0 spiro atoms. The molecule has 1 aliphatic rings. The van der Waals surface area contributed by atoms with E-state index in [1.54, 1.807) is 19.1 Å². The molecule has 0 unspecified atom stereocenters. The van der Waals surface area contributed by atoms with Crippen LogP contribution in [-0.4, -0.2) is 31.1 Å². The maximum absolute atomic E-state index is 13.2. The molecule has 0 saturated carbocycles. The van der Waals surface area contributed by atoms with Crippen molar-refractivity contribution < 1.29 is 22.4 Å². The predicted molar refractivity (Wildman–Crippen MR) is 114 cm³/mol. The van der Waals surface area contributed by atoms with E-state index < -0.39 is 34.2 Å². The molecule has 6 nitrogen and oxygen atoms in total. The smallest absolute Gasteiger partial charge is 0.268 e. The Morgan fingerprint density at radius 3 is 2.30 bits per heavy atom. The number of nitrogens with zero attached hydrogens (tertiary/aromatic N) is 1. The molecule has 1 heterocycles. The van der Waals surface area contributed by atoms with Crippen LogP contribution in [0.2, 0.25) is 0 Å². The fourth-order valence-electron chi connectivity index (χ4n) is 3.33. The highest BCUT2D eigenvalue weighted by atomic mass is 32.2. The summed E-state index contributed by atoms with van der Waals surface area (Å²) in [6.07, 6.45) is 0. The van der Waals surface area contributed by atoms with Crippen LogP contribution in [0.5, 0.6) is 0 Å². The maximum Gasteiger partial charge on any atom is 0.268 e. The SMILES string of the molecule is CC1=C(c2ccc(C(C)C)cc2)S(=O)(=O)N(CC(=O)Nc2ccc(F)cc2C)C1=O. The molecule has 2 aromatic rings. The summed E-state index contributed by atoms with van der Waals surface area (Å²) >= 11 is 0. The average Bonchev–Trinajstić information content (AvgIpc) is 2.83. The molecule has 0 bridgehead atoms. The second-order valence-electron chi connectivity index (χ2n) is 7.56. The normalized spacial score (nSPS) is 15.8. The number of hydrogen-bond acceptors (Lipinski definition) is 4. The van der Waals surface area contributed by atoms with Crippen LogP contribution in [0.3, 0.4) is 0 Å². The topological polar surface area (TPSA) is 83.6 Å². The summed E-state index contributed by atoms with van der Waals surface area (Å²) in [6.45, 7) is 6.44. The van der Waals surface area contributed by atoms with Gasteiger partial charge in [0, 0.05) is 11.3 Å². The van der Waals surface area contributed by atoms with E-state index in [4.69, 9.17) is 0 Å². The molecule has 158 valence electrons. The number of hydrogen-bond donors (Lipinski definition) is 1. The highest BCUT2D eigenvalue weighted by molar-refractivity contribution is 7.99. The van der Waals surface area contributed by atoms with E-state index in [9.17, 15) is 22.4 Å². The van der Waals surface area contributed by atoms with Crippen molar-refractivity contribution in [3.05, 3.63) is 70.5 Å². The second-order valence-corrected chi connectivity index (χ2v) is 9.35. The number of amides is 2. The third kappa shape index (κ3) is 4.00. The standard InChI is InChI=1S/C22H23FN2O4S/c1-13(2)16-5-7-17(8-6-16)21-15(4)22(27)25(30(21,28)29)12-20(26)24-19-10-9-18(23)11-14(19)3/h5-11,13H,12H2,1-4H3,(H,24,26). The van der Waals surface area contributed by atoms with Gasteiger partial charge in [0.1, 0.15) is 17.3 Å². The first kappa shape index (κ1) is 21.7. The van der Waals surface area contributed by atoms with E-state index in [1.807, 2.05) is 26.0 Å². The Kier molecular flexibility index (Phi) is 5.81. The van der Waals surface area contributed by atoms with Crippen LogP contribution < -0.4 is 5.32 Å². The van der Waals surface area contributed by atoms with Crippen molar-refractivity contribution in [2.75, 3.05) is 11.9 Å². The van der Waals surface area contributed by atoms with Gasteiger partial charge >= 0.3 is 0 Å². The quantitative estimate of drug-likeness (QED) is 0.782. The summed E-state index contributed by atoms with van der Waals surface area (Å²) in [4.78, 5) is 25.0. The number of benzene rings is 2. The summed E-state index contributed by atoms with van der Waals surface area (Å²) in [6, 6.07) is 10.8. The largest absolute Gasteiger partial charge is 0.324 e. The lowest BCUT2D eigenvalue weighted by Gasteiger charge is -2.17. The van der Waals surface area contributed by atoms with Crippen LogP contribution in [0.4, 0.5) is 10.1 Å². The zero-order valence-electron chi connectivity index (χ0n) is 17.2. The number of halogens is 1. The Morgan fingerprint density at radius 2 is 1.73 bits per heavy atom. The minimum Gasteiger partial charge on any atom is -0.324 e. The maximum atomic E-state index is 13.2. The van der Waals surface area contributed by atoms with Crippen molar-refractivity contribution in [3.8, 4) is 0 Å². The van der Waals surface area contributed by atoms with Crippen molar-refractivity contribution >= 4 is 32.4 Å². The Hall–Kier alpha value is -3.00. The number of rotatable bonds is 5. The van der Waals surface area contributed by atoms with E-state index in [0.29, 0.717) is 21.1 Å². The van der Waals surface area contributed by atoms with Gasteiger partial charge in [0.05, 0.1) is 0 Å². The Labute approximate surface area is 175 Å². The van der Waals surface area contributed by atoms with Crippen LogP contribution in [0.15, 0.2) is 48.0 Å². The van der Waals surface area contributed by atoms with Gasteiger partial charge in [-0.15, -0.1) is 0 Å². The van der Waals surface area contributed by atoms with Crippen LogP contribution in [0.1, 0.15) is 43.4 Å². The van der Waals surface area contributed by atoms with Gasteiger partial charge in [0.15, 0.2) is 0 Å². The van der Waals surface area contributed by atoms with Gasteiger partial charge in [0.25, 0.3) is 15.9 Å². The van der Waals surface area contributed by atoms with Crippen LogP contribution in [0.25, 0.3) is 4.91 Å². The van der Waals surface area contributed by atoms with Gasteiger partial charge in [-0.3, -0.25) is 9.59 Å². The third-order valence-electron chi connectivity index (χ3n) is 5.03. The fraction of sp³-hybridized carbons (Fsp3) is 0.273. The van der Waals surface area contributed by atoms with Gasteiger partial charge in [-0.05, 0) is 54.7 Å². The third-order valence-corrected chi connectivity index (χ3v) is 6.96. The molecular formula is C22H23FN2O4S. The molecule has 3 rings (SSSR count). The lowest BCUT2D eigenvalue weighted by atomic mass is 10.0. The first-order valence-electron chi connectivity index (χ1n) is 9.46. The molecule has 0 aromatic heterocycles. The van der Waals surface area contributed by atoms with Crippen molar-refractivity contribution in [1.29, 1.82) is 0 Å². The van der Waals surface area contributed by atoms with E-state index in [0.717, 1.165) is 5.56 Å². The van der Waals surface area contributed by atoms with Crippen molar-refractivity contribution in [2.24, 2.45) is 0 Å². The second kappa shape index (κ2) is 8.02. The monoisotopic (exact) mass is 430 g/mol. The molecule has 0 fully saturated rings. The van der Waals surface area contributed by atoms with Crippen LogP contribution in [0, 0.1) is 12.7 Å². The van der Waals surface area contributed by atoms with E-state index in [2.05, 4.69) is 5.32 Å². The van der Waals surface area contributed by atoms with Crippen molar-refractivity contribution in [1.82, 2.24) is 4.31 Å². The summed E-state index contributed by atoms with van der Waals surface area (Å²) < 4.78 is 39.9. The number of carbonyl (C=O) groups excluding carboxylic acids is 2.